The average Bonchev–Trinajstić information content (AvgIpc) is 2.40. The van der Waals surface area contributed by atoms with Gasteiger partial charge >= 0.3 is 0 Å². The molecule has 1 atom stereocenters. The molecule has 2 rings (SSSR count). The summed E-state index contributed by atoms with van der Waals surface area (Å²) >= 11 is 1.46. The van der Waals surface area contributed by atoms with E-state index in [4.69, 9.17) is 4.74 Å². The lowest BCUT2D eigenvalue weighted by atomic mass is 10.2. The largest absolute Gasteiger partial charge is 0.489 e. The van der Waals surface area contributed by atoms with Crippen LogP contribution in [-0.2, 0) is 9.59 Å². The fraction of sp³-hybridized carbons (Fsp3) is 0.429. The van der Waals surface area contributed by atoms with E-state index in [1.165, 1.54) is 11.8 Å². The number of ether oxygens (including phenoxy) is 1. The van der Waals surface area contributed by atoms with Crippen LogP contribution in [0.5, 0.6) is 5.75 Å². The van der Waals surface area contributed by atoms with Gasteiger partial charge in [0.25, 0.3) is 0 Å². The first-order valence-corrected chi connectivity index (χ1v) is 7.65. The van der Waals surface area contributed by atoms with E-state index in [1.54, 1.807) is 6.07 Å². The molecule has 1 heterocycles. The molecule has 1 aromatic carbocycles. The third-order valence-electron chi connectivity index (χ3n) is 2.68. The molecule has 0 aliphatic carbocycles. The quantitative estimate of drug-likeness (QED) is 0.886. The molecule has 20 heavy (non-hydrogen) atoms. The van der Waals surface area contributed by atoms with Gasteiger partial charge in [-0.2, -0.15) is 0 Å². The van der Waals surface area contributed by atoms with Crippen molar-refractivity contribution < 1.29 is 14.3 Å². The summed E-state index contributed by atoms with van der Waals surface area (Å²) in [5, 5.41) is 5.50. The summed E-state index contributed by atoms with van der Waals surface area (Å²) in [4.78, 5) is 23.5. The van der Waals surface area contributed by atoms with Crippen molar-refractivity contribution >= 4 is 29.3 Å². The zero-order valence-electron chi connectivity index (χ0n) is 11.5. The number of para-hydroxylation sites is 2. The molecule has 0 spiro atoms. The maximum Gasteiger partial charge on any atom is 0.247 e. The molecule has 108 valence electrons. The molecular formula is C14H18N2O3S. The second kappa shape index (κ2) is 6.65. The minimum absolute atomic E-state index is 0.0259. The number of rotatable bonds is 4. The molecule has 0 radical (unpaired) electrons. The standard InChI is InChI=1S/C14H18N2O3S/c1-9(2)19-12-6-4-3-5-10(12)16-14(18)11-7-20-8-13(17)15-11/h3-6,9,11H,7-8H2,1-2H3,(H,15,17)(H,16,18). The van der Waals surface area contributed by atoms with E-state index >= 15 is 0 Å². The summed E-state index contributed by atoms with van der Waals surface area (Å²) in [7, 11) is 0. The third-order valence-corrected chi connectivity index (χ3v) is 3.71. The molecule has 1 fully saturated rings. The van der Waals surface area contributed by atoms with Gasteiger partial charge in [0, 0.05) is 5.75 Å². The second-order valence-corrected chi connectivity index (χ2v) is 5.82. The molecule has 5 nitrogen and oxygen atoms in total. The molecule has 1 saturated heterocycles. The predicted molar refractivity (Wildman–Crippen MR) is 80.1 cm³/mol. The van der Waals surface area contributed by atoms with Gasteiger partial charge in [-0.15, -0.1) is 11.8 Å². The van der Waals surface area contributed by atoms with E-state index < -0.39 is 6.04 Å². The molecule has 1 aliphatic rings. The Morgan fingerprint density at radius 2 is 2.20 bits per heavy atom. The number of benzene rings is 1. The van der Waals surface area contributed by atoms with E-state index in [9.17, 15) is 9.59 Å². The van der Waals surface area contributed by atoms with Crippen molar-refractivity contribution in [2.75, 3.05) is 16.8 Å². The van der Waals surface area contributed by atoms with Crippen LogP contribution in [0.15, 0.2) is 24.3 Å². The fourth-order valence-corrected chi connectivity index (χ4v) is 2.69. The zero-order chi connectivity index (χ0) is 14.5. The van der Waals surface area contributed by atoms with Gasteiger partial charge in [-0.1, -0.05) is 12.1 Å². The van der Waals surface area contributed by atoms with Crippen molar-refractivity contribution in [2.45, 2.75) is 26.0 Å². The van der Waals surface area contributed by atoms with Crippen LogP contribution in [-0.4, -0.2) is 35.5 Å². The van der Waals surface area contributed by atoms with Crippen molar-refractivity contribution in [1.82, 2.24) is 5.32 Å². The zero-order valence-corrected chi connectivity index (χ0v) is 12.3. The molecule has 2 amide bonds. The van der Waals surface area contributed by atoms with Crippen LogP contribution in [0, 0.1) is 0 Å². The van der Waals surface area contributed by atoms with Crippen molar-refractivity contribution in [3.8, 4) is 5.75 Å². The minimum atomic E-state index is -0.492. The van der Waals surface area contributed by atoms with Gasteiger partial charge in [0.15, 0.2) is 0 Å². The first-order chi connectivity index (χ1) is 9.56. The first kappa shape index (κ1) is 14.7. The molecule has 2 N–H and O–H groups in total. The van der Waals surface area contributed by atoms with Gasteiger partial charge in [0.1, 0.15) is 11.8 Å². The van der Waals surface area contributed by atoms with Crippen molar-refractivity contribution in [3.05, 3.63) is 24.3 Å². The summed E-state index contributed by atoms with van der Waals surface area (Å²) in [6.07, 6.45) is 0.0259. The highest BCUT2D eigenvalue weighted by molar-refractivity contribution is 8.00. The summed E-state index contributed by atoms with van der Waals surface area (Å²) in [6.45, 7) is 3.85. The highest BCUT2D eigenvalue weighted by atomic mass is 32.2. The highest BCUT2D eigenvalue weighted by Crippen LogP contribution is 2.25. The molecule has 6 heteroatoms. The van der Waals surface area contributed by atoms with Gasteiger partial charge in [-0.25, -0.2) is 0 Å². The average molecular weight is 294 g/mol. The highest BCUT2D eigenvalue weighted by Gasteiger charge is 2.25. The van der Waals surface area contributed by atoms with E-state index in [0.717, 1.165) is 0 Å². The van der Waals surface area contributed by atoms with Crippen LogP contribution >= 0.6 is 11.8 Å². The SMILES string of the molecule is CC(C)Oc1ccccc1NC(=O)C1CSCC(=O)N1. The van der Waals surface area contributed by atoms with Gasteiger partial charge in [0.05, 0.1) is 17.5 Å². The maximum absolute atomic E-state index is 12.2. The lowest BCUT2D eigenvalue weighted by molar-refractivity contribution is -0.124. The Hall–Kier alpha value is -1.69. The lowest BCUT2D eigenvalue weighted by Gasteiger charge is -2.23. The van der Waals surface area contributed by atoms with E-state index in [1.807, 2.05) is 32.0 Å². The van der Waals surface area contributed by atoms with Crippen molar-refractivity contribution in [2.24, 2.45) is 0 Å². The number of carbonyl (C=O) groups is 2. The van der Waals surface area contributed by atoms with Crippen molar-refractivity contribution in [1.29, 1.82) is 0 Å². The monoisotopic (exact) mass is 294 g/mol. The Labute approximate surface area is 122 Å². The van der Waals surface area contributed by atoms with Gasteiger partial charge < -0.3 is 15.4 Å². The van der Waals surface area contributed by atoms with E-state index in [-0.39, 0.29) is 17.9 Å². The summed E-state index contributed by atoms with van der Waals surface area (Å²) in [6, 6.07) is 6.79. The number of nitrogens with one attached hydrogen (secondary N) is 2. The smallest absolute Gasteiger partial charge is 0.247 e. The van der Waals surface area contributed by atoms with E-state index in [2.05, 4.69) is 10.6 Å². The topological polar surface area (TPSA) is 67.4 Å². The number of hydrogen-bond acceptors (Lipinski definition) is 4. The first-order valence-electron chi connectivity index (χ1n) is 6.50. The summed E-state index contributed by atoms with van der Waals surface area (Å²) in [5.74, 6) is 1.31. The minimum Gasteiger partial charge on any atom is -0.489 e. The lowest BCUT2D eigenvalue weighted by Crippen LogP contribution is -2.49. The Kier molecular flexibility index (Phi) is 4.89. The molecule has 0 saturated carbocycles. The third kappa shape index (κ3) is 3.90. The molecule has 1 unspecified atom stereocenters. The Morgan fingerprint density at radius 3 is 2.90 bits per heavy atom. The molecule has 1 aliphatic heterocycles. The Balaban J connectivity index is 2.05. The number of thioether (sulfide) groups is 1. The van der Waals surface area contributed by atoms with Crippen molar-refractivity contribution in [3.63, 3.8) is 0 Å². The predicted octanol–water partition coefficient (Wildman–Crippen LogP) is 1.64. The molecule has 1 aromatic rings. The maximum atomic E-state index is 12.2. The Morgan fingerprint density at radius 1 is 1.45 bits per heavy atom. The van der Waals surface area contributed by atoms with Gasteiger partial charge in [-0.3, -0.25) is 9.59 Å². The number of hydrogen-bond donors (Lipinski definition) is 2. The molecule has 0 bridgehead atoms. The fourth-order valence-electron chi connectivity index (χ4n) is 1.83. The summed E-state index contributed by atoms with van der Waals surface area (Å²) < 4.78 is 5.65. The van der Waals surface area contributed by atoms with E-state index in [0.29, 0.717) is 22.9 Å². The van der Waals surface area contributed by atoms with Crippen LogP contribution < -0.4 is 15.4 Å². The van der Waals surface area contributed by atoms with Gasteiger partial charge in [-0.05, 0) is 26.0 Å². The van der Waals surface area contributed by atoms with Crippen LogP contribution in [0.25, 0.3) is 0 Å². The number of carbonyl (C=O) groups excluding carboxylic acids is 2. The van der Waals surface area contributed by atoms with Crippen LogP contribution in [0.1, 0.15) is 13.8 Å². The number of amides is 2. The Bertz CT molecular complexity index is 505. The normalized spacial score (nSPS) is 18.6. The van der Waals surface area contributed by atoms with Crippen LogP contribution in [0.3, 0.4) is 0 Å². The van der Waals surface area contributed by atoms with Crippen LogP contribution in [0.4, 0.5) is 5.69 Å². The van der Waals surface area contributed by atoms with Crippen LogP contribution in [0.2, 0.25) is 0 Å². The molecular weight excluding hydrogens is 276 g/mol. The second-order valence-electron chi connectivity index (χ2n) is 4.79. The van der Waals surface area contributed by atoms with Gasteiger partial charge in [0.2, 0.25) is 11.8 Å². The summed E-state index contributed by atoms with van der Waals surface area (Å²) in [5.41, 5.74) is 0.621. The number of anilines is 1. The molecule has 0 aromatic heterocycles.